The Morgan fingerprint density at radius 1 is 1.24 bits per heavy atom. The Morgan fingerprint density at radius 2 is 1.94 bits per heavy atom. The molecule has 2 aromatic rings. The zero-order chi connectivity index (χ0) is 12.3. The molecular formula is C13H14ClN3. The van der Waals surface area contributed by atoms with Crippen molar-refractivity contribution in [2.75, 3.05) is 11.9 Å². The van der Waals surface area contributed by atoms with Gasteiger partial charge in [-0.25, -0.2) is 9.97 Å². The van der Waals surface area contributed by atoms with E-state index >= 15 is 0 Å². The second kappa shape index (κ2) is 5.15. The summed E-state index contributed by atoms with van der Waals surface area (Å²) in [5.74, 6) is 0.656. The zero-order valence-corrected chi connectivity index (χ0v) is 10.6. The zero-order valence-electron chi connectivity index (χ0n) is 9.87. The average molecular weight is 248 g/mol. The predicted molar refractivity (Wildman–Crippen MR) is 71.4 cm³/mol. The molecule has 17 heavy (non-hydrogen) atoms. The van der Waals surface area contributed by atoms with E-state index in [0.717, 1.165) is 28.4 Å². The number of benzene rings is 1. The molecular weight excluding hydrogens is 234 g/mol. The SMILES string of the molecule is CCNc1ncc(C)c(-c2ccc(Cl)cc2)n1. The standard InChI is InChI=1S/C13H14ClN3/c1-3-15-13-16-8-9(2)12(17-13)10-4-6-11(14)7-5-10/h4-8H,3H2,1-2H3,(H,15,16,17). The fourth-order valence-corrected chi connectivity index (χ4v) is 1.71. The summed E-state index contributed by atoms with van der Waals surface area (Å²) in [7, 11) is 0. The van der Waals surface area contributed by atoms with E-state index in [0.29, 0.717) is 5.95 Å². The summed E-state index contributed by atoms with van der Waals surface area (Å²) in [6.45, 7) is 4.83. The fraction of sp³-hybridized carbons (Fsp3) is 0.231. The molecule has 0 fully saturated rings. The van der Waals surface area contributed by atoms with Crippen molar-refractivity contribution < 1.29 is 0 Å². The lowest BCUT2D eigenvalue weighted by atomic mass is 10.1. The molecule has 3 nitrogen and oxygen atoms in total. The molecule has 0 spiro atoms. The number of halogens is 1. The van der Waals surface area contributed by atoms with E-state index in [1.807, 2.05) is 44.3 Å². The van der Waals surface area contributed by atoms with Gasteiger partial charge in [0.1, 0.15) is 0 Å². The summed E-state index contributed by atoms with van der Waals surface area (Å²) < 4.78 is 0. The maximum atomic E-state index is 5.87. The first-order valence-corrected chi connectivity index (χ1v) is 5.92. The Bertz CT molecular complexity index is 509. The first-order chi connectivity index (χ1) is 8.20. The number of nitrogens with zero attached hydrogens (tertiary/aromatic N) is 2. The highest BCUT2D eigenvalue weighted by atomic mass is 35.5. The highest BCUT2D eigenvalue weighted by molar-refractivity contribution is 6.30. The topological polar surface area (TPSA) is 37.8 Å². The van der Waals surface area contributed by atoms with Crippen molar-refractivity contribution in [3.63, 3.8) is 0 Å². The van der Waals surface area contributed by atoms with Gasteiger partial charge >= 0.3 is 0 Å². The summed E-state index contributed by atoms with van der Waals surface area (Å²) in [6.07, 6.45) is 1.83. The predicted octanol–water partition coefficient (Wildman–Crippen LogP) is 3.54. The number of anilines is 1. The van der Waals surface area contributed by atoms with Crippen LogP contribution in [0.2, 0.25) is 5.02 Å². The molecule has 1 N–H and O–H groups in total. The molecule has 0 aliphatic rings. The van der Waals surface area contributed by atoms with Gasteiger partial charge in [0, 0.05) is 23.3 Å². The molecule has 0 saturated carbocycles. The lowest BCUT2D eigenvalue weighted by Crippen LogP contribution is -2.03. The molecule has 0 saturated heterocycles. The van der Waals surface area contributed by atoms with Crippen LogP contribution in [0.15, 0.2) is 30.5 Å². The number of hydrogen-bond donors (Lipinski definition) is 1. The van der Waals surface area contributed by atoms with Crippen LogP contribution in [0, 0.1) is 6.92 Å². The minimum Gasteiger partial charge on any atom is -0.354 e. The summed E-state index contributed by atoms with van der Waals surface area (Å²) >= 11 is 5.87. The van der Waals surface area contributed by atoms with Crippen molar-refractivity contribution in [2.24, 2.45) is 0 Å². The van der Waals surface area contributed by atoms with Crippen LogP contribution in [-0.2, 0) is 0 Å². The van der Waals surface area contributed by atoms with Crippen LogP contribution in [0.5, 0.6) is 0 Å². The van der Waals surface area contributed by atoms with Gasteiger partial charge in [0.15, 0.2) is 0 Å². The molecule has 88 valence electrons. The summed E-state index contributed by atoms with van der Waals surface area (Å²) in [4.78, 5) is 8.72. The minimum absolute atomic E-state index is 0.656. The Labute approximate surface area is 106 Å². The fourth-order valence-electron chi connectivity index (χ4n) is 1.59. The van der Waals surface area contributed by atoms with Gasteiger partial charge in [-0.1, -0.05) is 23.7 Å². The van der Waals surface area contributed by atoms with Crippen molar-refractivity contribution in [3.05, 3.63) is 41.0 Å². The number of rotatable bonds is 3. The van der Waals surface area contributed by atoms with Crippen molar-refractivity contribution >= 4 is 17.5 Å². The molecule has 1 aromatic carbocycles. The second-order valence-corrected chi connectivity index (χ2v) is 4.20. The van der Waals surface area contributed by atoms with Crippen molar-refractivity contribution in [1.82, 2.24) is 9.97 Å². The third-order valence-electron chi connectivity index (χ3n) is 2.42. The van der Waals surface area contributed by atoms with E-state index in [4.69, 9.17) is 11.6 Å². The Balaban J connectivity index is 2.42. The normalized spacial score (nSPS) is 10.3. The summed E-state index contributed by atoms with van der Waals surface area (Å²) in [6, 6.07) is 7.66. The Kier molecular flexibility index (Phi) is 3.59. The number of hydrogen-bond acceptors (Lipinski definition) is 3. The van der Waals surface area contributed by atoms with Gasteiger partial charge in [-0.3, -0.25) is 0 Å². The van der Waals surface area contributed by atoms with E-state index in [-0.39, 0.29) is 0 Å². The minimum atomic E-state index is 0.656. The molecule has 0 bridgehead atoms. The number of aromatic nitrogens is 2. The van der Waals surface area contributed by atoms with E-state index in [2.05, 4.69) is 15.3 Å². The number of aryl methyl sites for hydroxylation is 1. The van der Waals surface area contributed by atoms with Crippen LogP contribution in [0.25, 0.3) is 11.3 Å². The average Bonchev–Trinajstić information content (AvgIpc) is 2.33. The van der Waals surface area contributed by atoms with Gasteiger partial charge in [-0.15, -0.1) is 0 Å². The Morgan fingerprint density at radius 3 is 2.59 bits per heavy atom. The molecule has 1 aromatic heterocycles. The van der Waals surface area contributed by atoms with E-state index in [1.54, 1.807) is 0 Å². The van der Waals surface area contributed by atoms with Gasteiger partial charge in [-0.05, 0) is 31.5 Å². The molecule has 0 atom stereocenters. The smallest absolute Gasteiger partial charge is 0.223 e. The van der Waals surface area contributed by atoms with Crippen molar-refractivity contribution in [3.8, 4) is 11.3 Å². The molecule has 4 heteroatoms. The Hall–Kier alpha value is -1.61. The molecule has 2 rings (SSSR count). The van der Waals surface area contributed by atoms with Gasteiger partial charge in [0.2, 0.25) is 5.95 Å². The third-order valence-corrected chi connectivity index (χ3v) is 2.68. The summed E-state index contributed by atoms with van der Waals surface area (Å²) in [5, 5.41) is 3.84. The van der Waals surface area contributed by atoms with Gasteiger partial charge < -0.3 is 5.32 Å². The highest BCUT2D eigenvalue weighted by Gasteiger charge is 2.05. The van der Waals surface area contributed by atoms with Gasteiger partial charge in [0.05, 0.1) is 5.69 Å². The highest BCUT2D eigenvalue weighted by Crippen LogP contribution is 2.23. The molecule has 0 radical (unpaired) electrons. The van der Waals surface area contributed by atoms with Gasteiger partial charge in [-0.2, -0.15) is 0 Å². The monoisotopic (exact) mass is 247 g/mol. The van der Waals surface area contributed by atoms with Gasteiger partial charge in [0.25, 0.3) is 0 Å². The van der Waals surface area contributed by atoms with E-state index in [9.17, 15) is 0 Å². The molecule has 0 aliphatic heterocycles. The van der Waals surface area contributed by atoms with Crippen LogP contribution >= 0.6 is 11.6 Å². The van der Waals surface area contributed by atoms with Crippen LogP contribution in [0.3, 0.4) is 0 Å². The van der Waals surface area contributed by atoms with E-state index < -0.39 is 0 Å². The molecule has 1 heterocycles. The maximum absolute atomic E-state index is 5.87. The first-order valence-electron chi connectivity index (χ1n) is 5.54. The molecule has 0 amide bonds. The van der Waals surface area contributed by atoms with Crippen LogP contribution < -0.4 is 5.32 Å². The summed E-state index contributed by atoms with van der Waals surface area (Å²) in [5.41, 5.74) is 3.04. The quantitative estimate of drug-likeness (QED) is 0.902. The van der Waals surface area contributed by atoms with Crippen LogP contribution in [-0.4, -0.2) is 16.5 Å². The number of nitrogens with one attached hydrogen (secondary N) is 1. The van der Waals surface area contributed by atoms with E-state index in [1.165, 1.54) is 0 Å². The molecule has 0 unspecified atom stereocenters. The maximum Gasteiger partial charge on any atom is 0.223 e. The molecule has 0 aliphatic carbocycles. The van der Waals surface area contributed by atoms with Crippen molar-refractivity contribution in [2.45, 2.75) is 13.8 Å². The van der Waals surface area contributed by atoms with Crippen molar-refractivity contribution in [1.29, 1.82) is 0 Å². The van der Waals surface area contributed by atoms with Crippen LogP contribution in [0.1, 0.15) is 12.5 Å². The third kappa shape index (κ3) is 2.74. The van der Waals surface area contributed by atoms with Crippen LogP contribution in [0.4, 0.5) is 5.95 Å². The first kappa shape index (κ1) is 11.9. The lowest BCUT2D eigenvalue weighted by molar-refractivity contribution is 1.07. The second-order valence-electron chi connectivity index (χ2n) is 3.76. The lowest BCUT2D eigenvalue weighted by Gasteiger charge is -2.08. The largest absolute Gasteiger partial charge is 0.354 e.